The Bertz CT molecular complexity index is 1090. The Labute approximate surface area is 181 Å². The summed E-state index contributed by atoms with van der Waals surface area (Å²) < 4.78 is 16.3. The summed E-state index contributed by atoms with van der Waals surface area (Å²) in [6.07, 6.45) is 4.33. The van der Waals surface area contributed by atoms with Gasteiger partial charge in [-0.2, -0.15) is 0 Å². The van der Waals surface area contributed by atoms with Gasteiger partial charge in [0.2, 0.25) is 0 Å². The van der Waals surface area contributed by atoms with Crippen LogP contribution in [0.25, 0.3) is 0 Å². The monoisotopic (exact) mass is 422 g/mol. The highest BCUT2D eigenvalue weighted by Crippen LogP contribution is 2.28. The first-order valence-corrected chi connectivity index (χ1v) is 10.4. The van der Waals surface area contributed by atoms with Gasteiger partial charge in [0.1, 0.15) is 12.4 Å². The van der Waals surface area contributed by atoms with Gasteiger partial charge in [0.05, 0.1) is 13.7 Å². The van der Waals surface area contributed by atoms with E-state index in [9.17, 15) is 4.79 Å². The van der Waals surface area contributed by atoms with Crippen molar-refractivity contribution in [2.24, 2.45) is 0 Å². The molecule has 2 heterocycles. The normalized spacial score (nSPS) is 12.9. The lowest BCUT2D eigenvalue weighted by molar-refractivity contribution is 0.0940. The number of aromatic nitrogens is 3. The first-order chi connectivity index (χ1) is 15.0. The molecule has 1 amide bonds. The lowest BCUT2D eigenvalue weighted by Crippen LogP contribution is -2.25. The van der Waals surface area contributed by atoms with Crippen LogP contribution >= 0.6 is 0 Å². The predicted octanol–water partition coefficient (Wildman–Crippen LogP) is 3.48. The van der Waals surface area contributed by atoms with Crippen LogP contribution in [0.5, 0.6) is 11.5 Å². The molecule has 8 nitrogen and oxygen atoms in total. The lowest BCUT2D eigenvalue weighted by Gasteiger charge is -2.17. The Balaban J connectivity index is 1.35. The van der Waals surface area contributed by atoms with Crippen molar-refractivity contribution in [3.05, 3.63) is 64.1 Å². The number of benzene rings is 1. The molecular weight excluding hydrogens is 396 g/mol. The van der Waals surface area contributed by atoms with Gasteiger partial charge in [-0.3, -0.25) is 4.79 Å². The molecule has 0 spiro atoms. The summed E-state index contributed by atoms with van der Waals surface area (Å²) in [5.74, 6) is 1.94. The van der Waals surface area contributed by atoms with Gasteiger partial charge >= 0.3 is 0 Å². The van der Waals surface area contributed by atoms with Gasteiger partial charge < -0.3 is 19.3 Å². The van der Waals surface area contributed by atoms with Crippen LogP contribution in [0.2, 0.25) is 0 Å². The molecule has 2 aromatic heterocycles. The van der Waals surface area contributed by atoms with E-state index in [1.54, 1.807) is 13.2 Å². The number of rotatable bonds is 7. The van der Waals surface area contributed by atoms with Gasteiger partial charge in [0, 0.05) is 17.5 Å². The third kappa shape index (κ3) is 4.84. The number of aryl methyl sites for hydroxylation is 3. The van der Waals surface area contributed by atoms with Crippen LogP contribution in [0.4, 0.5) is 0 Å². The molecule has 1 aromatic carbocycles. The topological polar surface area (TPSA) is 99.4 Å². The number of amides is 1. The van der Waals surface area contributed by atoms with E-state index >= 15 is 0 Å². The Morgan fingerprint density at radius 3 is 2.81 bits per heavy atom. The second-order valence-electron chi connectivity index (χ2n) is 7.66. The maximum Gasteiger partial charge on any atom is 0.273 e. The summed E-state index contributed by atoms with van der Waals surface area (Å²) in [6.45, 7) is 4.35. The van der Waals surface area contributed by atoms with Crippen LogP contribution in [-0.4, -0.2) is 28.1 Å². The molecule has 31 heavy (non-hydrogen) atoms. The molecule has 0 fully saturated rings. The van der Waals surface area contributed by atoms with Crippen LogP contribution < -0.4 is 14.8 Å². The zero-order valence-electron chi connectivity index (χ0n) is 18.0. The van der Waals surface area contributed by atoms with Crippen molar-refractivity contribution < 1.29 is 18.8 Å². The van der Waals surface area contributed by atoms with E-state index in [2.05, 4.69) is 20.4 Å². The SMILES string of the molecule is COc1cc(C)ccc1OCc1cc(C(=O)NCc2nc(C)c3c(n2)CCCC3)no1. The number of methoxy groups -OCH3 is 1. The molecule has 4 rings (SSSR count). The van der Waals surface area contributed by atoms with Crippen LogP contribution in [0.1, 0.15) is 57.4 Å². The molecule has 0 saturated heterocycles. The maximum atomic E-state index is 12.5. The zero-order chi connectivity index (χ0) is 21.8. The van der Waals surface area contributed by atoms with Crippen molar-refractivity contribution >= 4 is 5.91 Å². The molecule has 3 aromatic rings. The van der Waals surface area contributed by atoms with Gasteiger partial charge in [-0.25, -0.2) is 9.97 Å². The molecule has 0 saturated carbocycles. The predicted molar refractivity (Wildman–Crippen MR) is 113 cm³/mol. The van der Waals surface area contributed by atoms with Crippen molar-refractivity contribution in [3.8, 4) is 11.5 Å². The second kappa shape index (κ2) is 9.16. The van der Waals surface area contributed by atoms with Crippen molar-refractivity contribution in [2.75, 3.05) is 7.11 Å². The molecule has 0 aliphatic heterocycles. The third-order valence-electron chi connectivity index (χ3n) is 5.32. The van der Waals surface area contributed by atoms with Crippen molar-refractivity contribution in [2.45, 2.75) is 52.7 Å². The number of fused-ring (bicyclic) bond motifs is 1. The number of hydrogen-bond donors (Lipinski definition) is 1. The Morgan fingerprint density at radius 1 is 1.13 bits per heavy atom. The maximum absolute atomic E-state index is 12.5. The number of nitrogens with zero attached hydrogens (tertiary/aromatic N) is 3. The van der Waals surface area contributed by atoms with Crippen LogP contribution in [0, 0.1) is 13.8 Å². The van der Waals surface area contributed by atoms with Crippen LogP contribution in [0.3, 0.4) is 0 Å². The van der Waals surface area contributed by atoms with Crippen molar-refractivity contribution in [1.29, 1.82) is 0 Å². The van der Waals surface area contributed by atoms with E-state index in [-0.39, 0.29) is 24.8 Å². The molecule has 0 atom stereocenters. The molecule has 162 valence electrons. The Kier molecular flexibility index (Phi) is 6.16. The summed E-state index contributed by atoms with van der Waals surface area (Å²) in [4.78, 5) is 21.6. The first kappa shape index (κ1) is 20.8. The Hall–Kier alpha value is -3.42. The number of carbonyl (C=O) groups is 1. The minimum absolute atomic E-state index is 0.132. The highest BCUT2D eigenvalue weighted by atomic mass is 16.5. The van der Waals surface area contributed by atoms with Gasteiger partial charge in [0.25, 0.3) is 5.91 Å². The number of carbonyl (C=O) groups excluding carboxylic acids is 1. The van der Waals surface area contributed by atoms with E-state index in [4.69, 9.17) is 14.0 Å². The number of nitrogens with one attached hydrogen (secondary N) is 1. The molecule has 8 heteroatoms. The largest absolute Gasteiger partial charge is 0.493 e. The fraction of sp³-hybridized carbons (Fsp3) is 0.391. The molecular formula is C23H26N4O4. The van der Waals surface area contributed by atoms with Gasteiger partial charge in [0.15, 0.2) is 23.0 Å². The zero-order valence-corrected chi connectivity index (χ0v) is 18.0. The molecule has 0 bridgehead atoms. The number of hydrogen-bond acceptors (Lipinski definition) is 7. The molecule has 1 aliphatic rings. The van der Waals surface area contributed by atoms with E-state index in [1.165, 1.54) is 12.0 Å². The van der Waals surface area contributed by atoms with Crippen LogP contribution in [0.15, 0.2) is 28.8 Å². The smallest absolute Gasteiger partial charge is 0.273 e. The third-order valence-corrected chi connectivity index (χ3v) is 5.32. The minimum Gasteiger partial charge on any atom is -0.493 e. The summed E-state index contributed by atoms with van der Waals surface area (Å²) in [5.41, 5.74) is 4.62. The van der Waals surface area contributed by atoms with Gasteiger partial charge in [-0.1, -0.05) is 11.2 Å². The summed E-state index contributed by atoms with van der Waals surface area (Å²) in [6, 6.07) is 7.22. The quantitative estimate of drug-likeness (QED) is 0.622. The average Bonchev–Trinajstić information content (AvgIpc) is 3.26. The lowest BCUT2D eigenvalue weighted by atomic mass is 9.95. The fourth-order valence-corrected chi connectivity index (χ4v) is 3.70. The summed E-state index contributed by atoms with van der Waals surface area (Å²) in [5, 5.41) is 6.66. The molecule has 1 aliphatic carbocycles. The van der Waals surface area contributed by atoms with E-state index in [1.807, 2.05) is 32.0 Å². The van der Waals surface area contributed by atoms with Gasteiger partial charge in [-0.15, -0.1) is 0 Å². The van der Waals surface area contributed by atoms with Crippen molar-refractivity contribution in [3.63, 3.8) is 0 Å². The highest BCUT2D eigenvalue weighted by molar-refractivity contribution is 5.92. The second-order valence-corrected chi connectivity index (χ2v) is 7.66. The molecule has 0 unspecified atom stereocenters. The minimum atomic E-state index is -0.345. The van der Waals surface area contributed by atoms with Crippen LogP contribution in [-0.2, 0) is 26.0 Å². The Morgan fingerprint density at radius 2 is 1.97 bits per heavy atom. The summed E-state index contributed by atoms with van der Waals surface area (Å²) in [7, 11) is 1.59. The molecule has 1 N–H and O–H groups in total. The average molecular weight is 422 g/mol. The number of ether oxygens (including phenoxy) is 2. The standard InChI is InChI=1S/C23H26N4O4/c1-14-8-9-20(21(10-14)29-3)30-13-16-11-19(27-31-16)23(28)24-12-22-25-15(2)17-6-4-5-7-18(17)26-22/h8-11H,4-7,12-13H2,1-3H3,(H,24,28). The fourth-order valence-electron chi connectivity index (χ4n) is 3.70. The van der Waals surface area contributed by atoms with E-state index in [0.29, 0.717) is 23.1 Å². The first-order valence-electron chi connectivity index (χ1n) is 10.4. The van der Waals surface area contributed by atoms with Gasteiger partial charge in [-0.05, 0) is 62.8 Å². The highest BCUT2D eigenvalue weighted by Gasteiger charge is 2.17. The van der Waals surface area contributed by atoms with E-state index < -0.39 is 0 Å². The molecule has 0 radical (unpaired) electrons. The van der Waals surface area contributed by atoms with E-state index in [0.717, 1.165) is 36.2 Å². The van der Waals surface area contributed by atoms with Crippen molar-refractivity contribution in [1.82, 2.24) is 20.4 Å². The summed E-state index contributed by atoms with van der Waals surface area (Å²) >= 11 is 0.